The van der Waals surface area contributed by atoms with E-state index in [1.807, 2.05) is 28.9 Å². The van der Waals surface area contributed by atoms with Crippen molar-refractivity contribution >= 4 is 29.0 Å². The van der Waals surface area contributed by atoms with Crippen molar-refractivity contribution in [2.45, 2.75) is 37.6 Å². The minimum atomic E-state index is -0.436. The first-order chi connectivity index (χ1) is 11.2. The second kappa shape index (κ2) is 5.57. The molecule has 1 saturated carbocycles. The van der Waals surface area contributed by atoms with Crippen molar-refractivity contribution in [3.05, 3.63) is 41.0 Å². The molecular weight excluding hydrogens is 312 g/mol. The summed E-state index contributed by atoms with van der Waals surface area (Å²) < 4.78 is 1.91. The van der Waals surface area contributed by atoms with E-state index in [0.29, 0.717) is 5.02 Å². The fraction of sp³-hybridized carbons (Fsp3) is 0.412. The molecular formula is C17H19ClN4O. The van der Waals surface area contributed by atoms with Crippen molar-refractivity contribution in [2.24, 2.45) is 0 Å². The number of aryl methyl sites for hydroxylation is 1. The molecule has 1 aromatic carbocycles. The summed E-state index contributed by atoms with van der Waals surface area (Å²) in [5, 5.41) is 11.4. The molecule has 4 rings (SSSR count). The Morgan fingerprint density at radius 1 is 1.26 bits per heavy atom. The van der Waals surface area contributed by atoms with Crippen molar-refractivity contribution in [3.8, 4) is 0 Å². The predicted molar refractivity (Wildman–Crippen MR) is 90.9 cm³/mol. The van der Waals surface area contributed by atoms with Gasteiger partial charge in [0.25, 0.3) is 0 Å². The highest BCUT2D eigenvalue weighted by Gasteiger charge is 2.45. The van der Waals surface area contributed by atoms with Crippen LogP contribution in [0.5, 0.6) is 0 Å². The zero-order chi connectivity index (χ0) is 15.9. The number of nitrogens with zero attached hydrogens (tertiary/aromatic N) is 2. The minimum absolute atomic E-state index is 0.0502. The Morgan fingerprint density at radius 2 is 2.04 bits per heavy atom. The van der Waals surface area contributed by atoms with Gasteiger partial charge < -0.3 is 10.6 Å². The molecule has 1 aliphatic heterocycles. The number of hydrogen-bond donors (Lipinski definition) is 2. The van der Waals surface area contributed by atoms with Gasteiger partial charge in [-0.2, -0.15) is 5.10 Å². The van der Waals surface area contributed by atoms with E-state index in [1.54, 1.807) is 6.20 Å². The highest BCUT2D eigenvalue weighted by Crippen LogP contribution is 2.45. The lowest BCUT2D eigenvalue weighted by Crippen LogP contribution is -2.46. The fourth-order valence-corrected chi connectivity index (χ4v) is 3.58. The average Bonchev–Trinajstić information content (AvgIpc) is 2.91. The SMILES string of the molecule is O=C(Nc1cnn2c1NCCC2)C1(c2ccc(Cl)cc2)CCC1. The molecule has 0 spiro atoms. The molecule has 1 aliphatic carbocycles. The number of fused-ring (bicyclic) bond motifs is 1. The summed E-state index contributed by atoms with van der Waals surface area (Å²) >= 11 is 5.98. The van der Waals surface area contributed by atoms with E-state index >= 15 is 0 Å². The smallest absolute Gasteiger partial charge is 0.235 e. The number of amides is 1. The Bertz CT molecular complexity index is 734. The molecule has 1 fully saturated rings. The number of halogens is 1. The van der Waals surface area contributed by atoms with Gasteiger partial charge in [0, 0.05) is 18.1 Å². The van der Waals surface area contributed by atoms with Crippen LogP contribution in [0, 0.1) is 0 Å². The van der Waals surface area contributed by atoms with Crippen LogP contribution in [0.15, 0.2) is 30.5 Å². The van der Waals surface area contributed by atoms with E-state index in [1.165, 1.54) is 0 Å². The van der Waals surface area contributed by atoms with E-state index in [-0.39, 0.29) is 5.91 Å². The number of nitrogens with one attached hydrogen (secondary N) is 2. The van der Waals surface area contributed by atoms with Crippen LogP contribution < -0.4 is 10.6 Å². The summed E-state index contributed by atoms with van der Waals surface area (Å²) in [6, 6.07) is 7.64. The lowest BCUT2D eigenvalue weighted by molar-refractivity contribution is -0.124. The summed E-state index contributed by atoms with van der Waals surface area (Å²) in [5.74, 6) is 0.962. The van der Waals surface area contributed by atoms with Crippen molar-refractivity contribution in [1.29, 1.82) is 0 Å². The van der Waals surface area contributed by atoms with Gasteiger partial charge in [0.2, 0.25) is 5.91 Å². The second-order valence-corrected chi connectivity index (χ2v) is 6.74. The quantitative estimate of drug-likeness (QED) is 0.906. The van der Waals surface area contributed by atoms with Gasteiger partial charge in [-0.15, -0.1) is 0 Å². The van der Waals surface area contributed by atoms with Crippen LogP contribution in [0.1, 0.15) is 31.2 Å². The normalized spacial score (nSPS) is 18.5. The maximum atomic E-state index is 13.0. The van der Waals surface area contributed by atoms with Gasteiger partial charge in [0.15, 0.2) is 0 Å². The van der Waals surface area contributed by atoms with Gasteiger partial charge in [-0.05, 0) is 37.0 Å². The maximum absolute atomic E-state index is 13.0. The summed E-state index contributed by atoms with van der Waals surface area (Å²) in [6.45, 7) is 1.80. The van der Waals surface area contributed by atoms with Crippen LogP contribution in [0.25, 0.3) is 0 Å². The molecule has 0 atom stereocenters. The number of anilines is 2. The number of hydrogen-bond acceptors (Lipinski definition) is 3. The van der Waals surface area contributed by atoms with E-state index < -0.39 is 5.41 Å². The molecule has 0 radical (unpaired) electrons. The molecule has 2 aliphatic rings. The number of carbonyl (C=O) groups is 1. The highest BCUT2D eigenvalue weighted by atomic mass is 35.5. The molecule has 2 N–H and O–H groups in total. The van der Waals surface area contributed by atoms with E-state index in [2.05, 4.69) is 15.7 Å². The Balaban J connectivity index is 1.60. The first-order valence-corrected chi connectivity index (χ1v) is 8.44. The first kappa shape index (κ1) is 14.6. The third-order valence-corrected chi connectivity index (χ3v) is 5.22. The summed E-state index contributed by atoms with van der Waals surface area (Å²) in [4.78, 5) is 13.0. The molecule has 6 heteroatoms. The molecule has 0 unspecified atom stereocenters. The Morgan fingerprint density at radius 3 is 2.74 bits per heavy atom. The summed E-state index contributed by atoms with van der Waals surface area (Å²) in [5.41, 5.74) is 1.38. The molecule has 0 saturated heterocycles. The third kappa shape index (κ3) is 2.39. The second-order valence-electron chi connectivity index (χ2n) is 6.31. The van der Waals surface area contributed by atoms with E-state index in [9.17, 15) is 4.79 Å². The van der Waals surface area contributed by atoms with Crippen LogP contribution in [-0.4, -0.2) is 22.2 Å². The first-order valence-electron chi connectivity index (χ1n) is 8.06. The topological polar surface area (TPSA) is 59.0 Å². The molecule has 1 aromatic heterocycles. The van der Waals surface area contributed by atoms with E-state index in [4.69, 9.17) is 11.6 Å². The van der Waals surface area contributed by atoms with Crippen LogP contribution in [0.3, 0.4) is 0 Å². The minimum Gasteiger partial charge on any atom is -0.368 e. The van der Waals surface area contributed by atoms with Crippen molar-refractivity contribution in [3.63, 3.8) is 0 Å². The molecule has 0 bridgehead atoms. The zero-order valence-corrected chi connectivity index (χ0v) is 13.6. The number of rotatable bonds is 3. The number of aromatic nitrogens is 2. The zero-order valence-electron chi connectivity index (χ0n) is 12.8. The Labute approximate surface area is 140 Å². The average molecular weight is 331 g/mol. The monoisotopic (exact) mass is 330 g/mol. The van der Waals surface area contributed by atoms with Crippen LogP contribution in [0.4, 0.5) is 11.5 Å². The third-order valence-electron chi connectivity index (χ3n) is 4.97. The lowest BCUT2D eigenvalue weighted by Gasteiger charge is -2.40. The number of benzene rings is 1. The van der Waals surface area contributed by atoms with Gasteiger partial charge in [0.05, 0.1) is 11.6 Å². The lowest BCUT2D eigenvalue weighted by atomic mass is 9.64. The predicted octanol–water partition coefficient (Wildman–Crippen LogP) is 3.41. The molecule has 2 aromatic rings. The van der Waals surface area contributed by atoms with Crippen molar-refractivity contribution in [2.75, 3.05) is 17.2 Å². The number of carbonyl (C=O) groups excluding carboxylic acids is 1. The molecule has 23 heavy (non-hydrogen) atoms. The summed E-state index contributed by atoms with van der Waals surface area (Å²) in [7, 11) is 0. The van der Waals surface area contributed by atoms with Gasteiger partial charge in [0.1, 0.15) is 11.5 Å². The fourth-order valence-electron chi connectivity index (χ4n) is 3.46. The van der Waals surface area contributed by atoms with E-state index in [0.717, 1.165) is 55.8 Å². The van der Waals surface area contributed by atoms with Gasteiger partial charge >= 0.3 is 0 Å². The Kier molecular flexibility index (Phi) is 3.53. The van der Waals surface area contributed by atoms with Gasteiger partial charge in [-0.1, -0.05) is 30.2 Å². The van der Waals surface area contributed by atoms with Gasteiger partial charge in [-0.25, -0.2) is 4.68 Å². The standard InChI is InChI=1S/C17H19ClN4O/c18-13-5-3-12(4-6-13)17(7-1-8-17)16(23)21-14-11-20-22-10-2-9-19-15(14)22/h3-6,11,19H,1-2,7-10H2,(H,21,23). The van der Waals surface area contributed by atoms with Crippen molar-refractivity contribution in [1.82, 2.24) is 9.78 Å². The molecule has 5 nitrogen and oxygen atoms in total. The molecule has 2 heterocycles. The largest absolute Gasteiger partial charge is 0.368 e. The maximum Gasteiger partial charge on any atom is 0.235 e. The summed E-state index contributed by atoms with van der Waals surface area (Å²) in [6.07, 6.45) is 5.60. The Hall–Kier alpha value is -2.01. The highest BCUT2D eigenvalue weighted by molar-refractivity contribution is 6.30. The van der Waals surface area contributed by atoms with Crippen molar-refractivity contribution < 1.29 is 4.79 Å². The van der Waals surface area contributed by atoms with Gasteiger partial charge in [-0.3, -0.25) is 4.79 Å². The van der Waals surface area contributed by atoms with Crippen LogP contribution in [0.2, 0.25) is 5.02 Å². The van der Waals surface area contributed by atoms with Crippen LogP contribution in [-0.2, 0) is 16.8 Å². The molecule has 1 amide bonds. The molecule has 120 valence electrons. The van der Waals surface area contributed by atoms with Crippen LogP contribution >= 0.6 is 11.6 Å².